The number of hydrogen-bond acceptors (Lipinski definition) is 6. The van der Waals surface area contributed by atoms with E-state index in [9.17, 15) is 14.4 Å². The maximum Gasteiger partial charge on any atom is 0.261 e. The smallest absolute Gasteiger partial charge is 0.261 e. The van der Waals surface area contributed by atoms with Crippen LogP contribution in [0, 0.1) is 0 Å². The Bertz CT molecular complexity index is 1020. The number of methoxy groups -OCH3 is 1. The zero-order valence-electron chi connectivity index (χ0n) is 17.3. The average Bonchev–Trinajstić information content (AvgIpc) is 3.03. The summed E-state index contributed by atoms with van der Waals surface area (Å²) in [6.07, 6.45) is 1.19. The van der Waals surface area contributed by atoms with Gasteiger partial charge in [0.25, 0.3) is 17.7 Å². The second-order valence-corrected chi connectivity index (χ2v) is 7.35. The van der Waals surface area contributed by atoms with E-state index in [2.05, 4.69) is 5.32 Å². The summed E-state index contributed by atoms with van der Waals surface area (Å²) in [5.74, 6) is 0.446. The summed E-state index contributed by atoms with van der Waals surface area (Å²) < 4.78 is 16.1. The topological polar surface area (TPSA) is 94.2 Å². The number of nitrogens with zero attached hydrogens (tertiary/aromatic N) is 1. The van der Waals surface area contributed by atoms with Gasteiger partial charge in [0.1, 0.15) is 13.2 Å². The minimum Gasteiger partial charge on any atom is -0.486 e. The van der Waals surface area contributed by atoms with Gasteiger partial charge in [-0.25, -0.2) is 0 Å². The molecule has 3 amide bonds. The van der Waals surface area contributed by atoms with E-state index >= 15 is 0 Å². The van der Waals surface area contributed by atoms with Crippen LogP contribution in [0.25, 0.3) is 0 Å². The first-order valence-corrected chi connectivity index (χ1v) is 10.2. The maximum atomic E-state index is 12.6. The number of nitrogens with one attached hydrogen (secondary N) is 1. The van der Waals surface area contributed by atoms with Crippen LogP contribution in [0.1, 0.15) is 43.1 Å². The highest BCUT2D eigenvalue weighted by Crippen LogP contribution is 2.30. The quantitative estimate of drug-likeness (QED) is 0.515. The third-order valence-corrected chi connectivity index (χ3v) is 5.27. The van der Waals surface area contributed by atoms with Crippen LogP contribution in [-0.2, 0) is 11.2 Å². The van der Waals surface area contributed by atoms with Gasteiger partial charge in [0.05, 0.1) is 11.1 Å². The van der Waals surface area contributed by atoms with Gasteiger partial charge >= 0.3 is 0 Å². The lowest BCUT2D eigenvalue weighted by Crippen LogP contribution is -2.31. The fourth-order valence-corrected chi connectivity index (χ4v) is 3.67. The highest BCUT2D eigenvalue weighted by Gasteiger charge is 2.35. The summed E-state index contributed by atoms with van der Waals surface area (Å²) in [7, 11) is 1.57. The van der Waals surface area contributed by atoms with Crippen molar-refractivity contribution in [1.82, 2.24) is 10.2 Å². The van der Waals surface area contributed by atoms with Gasteiger partial charge in [-0.2, -0.15) is 0 Å². The fraction of sp³-hybridized carbons (Fsp3) is 0.348. The van der Waals surface area contributed by atoms with E-state index in [4.69, 9.17) is 14.2 Å². The minimum atomic E-state index is -0.373. The van der Waals surface area contributed by atoms with Crippen LogP contribution in [0.5, 0.6) is 11.5 Å². The standard InChI is InChI=1S/C23H24N2O6/c1-29-10-2-9-25-22(27)17-5-4-16(14-18(17)23(25)28)21(26)24-8-7-15-3-6-19-20(13-15)31-12-11-30-19/h3-6,13-14H,2,7-12H2,1H3,(H,24,26). The van der Waals surface area contributed by atoms with Gasteiger partial charge in [-0.05, 0) is 48.7 Å². The SMILES string of the molecule is COCCCN1C(=O)c2ccc(C(=O)NCCc3ccc4c(c3)OCCO4)cc2C1=O. The van der Waals surface area contributed by atoms with E-state index in [1.165, 1.54) is 11.0 Å². The van der Waals surface area contributed by atoms with E-state index in [-0.39, 0.29) is 29.8 Å². The normalized spacial score (nSPS) is 14.5. The Morgan fingerprint density at radius 3 is 2.61 bits per heavy atom. The Labute approximate surface area is 180 Å². The van der Waals surface area contributed by atoms with Gasteiger partial charge in [0, 0.05) is 32.4 Å². The van der Waals surface area contributed by atoms with Crippen molar-refractivity contribution in [2.75, 3.05) is 40.0 Å². The monoisotopic (exact) mass is 424 g/mol. The van der Waals surface area contributed by atoms with Crippen molar-refractivity contribution in [3.8, 4) is 11.5 Å². The summed E-state index contributed by atoms with van der Waals surface area (Å²) in [4.78, 5) is 38.8. The number of fused-ring (bicyclic) bond motifs is 2. The molecule has 8 heteroatoms. The van der Waals surface area contributed by atoms with Gasteiger partial charge in [0.15, 0.2) is 11.5 Å². The van der Waals surface area contributed by atoms with Crippen molar-refractivity contribution >= 4 is 17.7 Å². The van der Waals surface area contributed by atoms with Crippen LogP contribution in [-0.4, -0.2) is 62.6 Å². The van der Waals surface area contributed by atoms with E-state index < -0.39 is 0 Å². The molecule has 0 spiro atoms. The maximum absolute atomic E-state index is 12.6. The first kappa shape index (κ1) is 20.9. The van der Waals surface area contributed by atoms with Crippen LogP contribution in [0.15, 0.2) is 36.4 Å². The molecule has 0 radical (unpaired) electrons. The largest absolute Gasteiger partial charge is 0.486 e. The van der Waals surface area contributed by atoms with Crippen molar-refractivity contribution in [3.63, 3.8) is 0 Å². The number of rotatable bonds is 8. The van der Waals surface area contributed by atoms with Crippen LogP contribution in [0.3, 0.4) is 0 Å². The molecule has 2 aliphatic heterocycles. The van der Waals surface area contributed by atoms with Crippen LogP contribution in [0.4, 0.5) is 0 Å². The Kier molecular flexibility index (Phi) is 6.18. The number of hydrogen-bond donors (Lipinski definition) is 1. The van der Waals surface area contributed by atoms with Crippen molar-refractivity contribution < 1.29 is 28.6 Å². The molecule has 0 atom stereocenters. The lowest BCUT2D eigenvalue weighted by Gasteiger charge is -2.18. The van der Waals surface area contributed by atoms with Gasteiger partial charge in [0.2, 0.25) is 0 Å². The first-order valence-electron chi connectivity index (χ1n) is 10.2. The molecular formula is C23H24N2O6. The zero-order valence-corrected chi connectivity index (χ0v) is 17.3. The van der Waals surface area contributed by atoms with Crippen molar-refractivity contribution in [3.05, 3.63) is 58.7 Å². The summed E-state index contributed by atoms with van der Waals surface area (Å²) >= 11 is 0. The van der Waals surface area contributed by atoms with Crippen LogP contribution >= 0.6 is 0 Å². The summed E-state index contributed by atoms with van der Waals surface area (Å²) in [5.41, 5.74) is 1.96. The molecule has 0 bridgehead atoms. The van der Waals surface area contributed by atoms with Gasteiger partial charge in [-0.1, -0.05) is 6.07 Å². The molecule has 0 aliphatic carbocycles. The molecule has 0 aromatic heterocycles. The molecule has 0 fully saturated rings. The number of carbonyl (C=O) groups excluding carboxylic acids is 3. The van der Waals surface area contributed by atoms with E-state index in [1.807, 2.05) is 18.2 Å². The van der Waals surface area contributed by atoms with Crippen molar-refractivity contribution in [2.24, 2.45) is 0 Å². The third kappa shape index (κ3) is 4.39. The Morgan fingerprint density at radius 2 is 1.81 bits per heavy atom. The molecular weight excluding hydrogens is 400 g/mol. The lowest BCUT2D eigenvalue weighted by molar-refractivity contribution is 0.0638. The van der Waals surface area contributed by atoms with E-state index in [0.29, 0.717) is 56.1 Å². The van der Waals surface area contributed by atoms with E-state index in [1.54, 1.807) is 19.2 Å². The number of imide groups is 1. The highest BCUT2D eigenvalue weighted by atomic mass is 16.6. The molecule has 2 aromatic carbocycles. The Balaban J connectivity index is 1.36. The van der Waals surface area contributed by atoms with Gasteiger partial charge in [-0.15, -0.1) is 0 Å². The second kappa shape index (κ2) is 9.18. The minimum absolute atomic E-state index is 0.266. The molecule has 2 aromatic rings. The molecule has 1 N–H and O–H groups in total. The summed E-state index contributed by atoms with van der Waals surface area (Å²) in [6, 6.07) is 10.3. The van der Waals surface area contributed by atoms with Gasteiger partial charge in [-0.3, -0.25) is 19.3 Å². The predicted octanol–water partition coefficient (Wildman–Crippen LogP) is 2.06. The van der Waals surface area contributed by atoms with E-state index in [0.717, 1.165) is 11.3 Å². The molecule has 2 aliphatic rings. The third-order valence-electron chi connectivity index (χ3n) is 5.27. The number of carbonyl (C=O) groups is 3. The molecule has 0 unspecified atom stereocenters. The summed E-state index contributed by atoms with van der Waals surface area (Å²) in [5, 5.41) is 2.86. The molecule has 31 heavy (non-hydrogen) atoms. The second-order valence-electron chi connectivity index (χ2n) is 7.35. The number of benzene rings is 2. The number of amides is 3. The lowest BCUT2D eigenvalue weighted by atomic mass is 10.1. The fourth-order valence-electron chi connectivity index (χ4n) is 3.67. The molecule has 162 valence electrons. The molecule has 4 rings (SSSR count). The predicted molar refractivity (Wildman–Crippen MR) is 112 cm³/mol. The van der Waals surface area contributed by atoms with Crippen LogP contribution in [0.2, 0.25) is 0 Å². The molecule has 2 heterocycles. The summed E-state index contributed by atoms with van der Waals surface area (Å²) in [6.45, 7) is 2.24. The highest BCUT2D eigenvalue weighted by molar-refractivity contribution is 6.22. The molecule has 0 saturated carbocycles. The Hall–Kier alpha value is -3.39. The number of ether oxygens (including phenoxy) is 3. The molecule has 8 nitrogen and oxygen atoms in total. The van der Waals surface area contributed by atoms with Gasteiger partial charge < -0.3 is 19.5 Å². The van der Waals surface area contributed by atoms with Crippen molar-refractivity contribution in [2.45, 2.75) is 12.8 Å². The Morgan fingerprint density at radius 1 is 1.03 bits per heavy atom. The van der Waals surface area contributed by atoms with Crippen LogP contribution < -0.4 is 14.8 Å². The van der Waals surface area contributed by atoms with Crippen molar-refractivity contribution in [1.29, 1.82) is 0 Å². The average molecular weight is 424 g/mol. The first-order chi connectivity index (χ1) is 15.1. The molecule has 0 saturated heterocycles. The zero-order chi connectivity index (χ0) is 21.8.